The number of hydrogen-bond acceptors (Lipinski definition) is 2. The molecule has 94 valence electrons. The number of carboxylic acid groups (broad SMARTS) is 1. The molecule has 10 radical (unpaired) electrons. The minimum atomic E-state index is -0.905. The fourth-order valence-electron chi connectivity index (χ4n) is 1.06. The molecule has 1 atom stereocenters. The van der Waals surface area contributed by atoms with E-state index in [0.717, 1.165) is 5.92 Å². The second-order valence-electron chi connectivity index (χ2n) is 3.47. The quantitative estimate of drug-likeness (QED) is 0.636. The van der Waals surface area contributed by atoms with Crippen LogP contribution in [0.3, 0.4) is 0 Å². The number of nitrogens with zero attached hydrogens (tertiary/aromatic N) is 1. The minimum Gasteiger partial charge on any atom is -0.480 e. The third-order valence-electron chi connectivity index (χ3n) is 2.05. The Bertz CT molecular complexity index is 239. The van der Waals surface area contributed by atoms with E-state index in [0.29, 0.717) is 0 Å². The van der Waals surface area contributed by atoms with Gasteiger partial charge >= 0.3 is 23.0 Å². The van der Waals surface area contributed by atoms with Crippen molar-refractivity contribution < 1.29 is 27.0 Å². The zero-order valence-electron chi connectivity index (χ0n) is 10.0. The molecule has 0 heterocycles. The molecule has 3 nitrogen and oxygen atoms in total. The Hall–Kier alpha value is -0.341. The number of hydrogen-bond donors (Lipinski definition) is 1. The normalized spacial score (nSPS) is 21.2. The van der Waals surface area contributed by atoms with Gasteiger partial charge in [-0.25, -0.2) is 4.79 Å². The molecule has 0 aromatic heterocycles. The van der Waals surface area contributed by atoms with Gasteiger partial charge in [-0.1, -0.05) is 0 Å². The zero-order valence-corrected chi connectivity index (χ0v) is 11.1. The molecular formula is C14H15FeNO2+2. The number of aliphatic carboxylic acids is 1. The van der Waals surface area contributed by atoms with Gasteiger partial charge in [0.25, 0.3) is 0 Å². The molecular weight excluding hydrogens is 270 g/mol. The number of carbonyl (C=O) groups is 1. The fraction of sp³-hybridized carbons (Fsp3) is 0.143. The Balaban J connectivity index is 0.000000405. The van der Waals surface area contributed by atoms with Crippen LogP contribution in [0.25, 0.3) is 0 Å². The molecule has 0 saturated heterocycles. The van der Waals surface area contributed by atoms with Gasteiger partial charge in [0.1, 0.15) is 6.04 Å². The van der Waals surface area contributed by atoms with E-state index in [4.69, 9.17) is 5.11 Å². The van der Waals surface area contributed by atoms with Crippen molar-refractivity contribution >= 4 is 12.2 Å². The molecule has 2 saturated carbocycles. The maximum absolute atomic E-state index is 10.3. The average molecular weight is 285 g/mol. The standard InChI is InChI=1S/C9H10NO2.C5H5.Fe/c1-7(9(11)12)10-6-8-4-2-3-5-8;1-2-4-5-3-1;/h2-7H,1H3,(H,11,12);1-5H;/q;;+2/t7-;;/m0../s1. The summed E-state index contributed by atoms with van der Waals surface area (Å²) >= 11 is 0. The first-order valence-corrected chi connectivity index (χ1v) is 5.34. The van der Waals surface area contributed by atoms with Crippen molar-refractivity contribution in [2.45, 2.75) is 13.0 Å². The third kappa shape index (κ3) is 7.88. The van der Waals surface area contributed by atoms with Gasteiger partial charge in [0.05, 0.1) is 0 Å². The van der Waals surface area contributed by atoms with Crippen LogP contribution in [0, 0.1) is 63.7 Å². The van der Waals surface area contributed by atoms with Crippen LogP contribution in [0.15, 0.2) is 4.99 Å². The van der Waals surface area contributed by atoms with Gasteiger partial charge in [-0.2, -0.15) is 0 Å². The summed E-state index contributed by atoms with van der Waals surface area (Å²) in [6, 6.07) is -0.667. The molecule has 1 N–H and O–H groups in total. The summed E-state index contributed by atoms with van der Waals surface area (Å²) in [5.41, 5.74) is 0. The van der Waals surface area contributed by atoms with E-state index in [1.54, 1.807) is 13.1 Å². The molecule has 0 unspecified atom stereocenters. The summed E-state index contributed by atoms with van der Waals surface area (Å²) in [6.07, 6.45) is 19.1. The molecule has 2 aliphatic rings. The SMILES string of the molecule is C[C@H](N=C[C]1[CH][CH][CH][CH]1)C(=O)O.[CH]1[CH][CH][CH][CH]1.[Fe+2]. The van der Waals surface area contributed by atoms with Gasteiger partial charge in [0.15, 0.2) is 0 Å². The summed E-state index contributed by atoms with van der Waals surface area (Å²) in [4.78, 5) is 14.2. The van der Waals surface area contributed by atoms with Crippen LogP contribution >= 0.6 is 0 Å². The van der Waals surface area contributed by atoms with Crippen molar-refractivity contribution in [2.75, 3.05) is 0 Å². The van der Waals surface area contributed by atoms with Gasteiger partial charge in [-0.3, -0.25) is 4.99 Å². The van der Waals surface area contributed by atoms with E-state index in [2.05, 4.69) is 4.99 Å². The first-order chi connectivity index (χ1) is 8.20. The second-order valence-corrected chi connectivity index (χ2v) is 3.47. The minimum absolute atomic E-state index is 0. The third-order valence-corrected chi connectivity index (χ3v) is 2.05. The Kier molecular flexibility index (Phi) is 10.4. The van der Waals surface area contributed by atoms with E-state index < -0.39 is 12.0 Å². The van der Waals surface area contributed by atoms with Gasteiger partial charge in [0.2, 0.25) is 0 Å². The fourth-order valence-corrected chi connectivity index (χ4v) is 1.06. The molecule has 0 aromatic rings. The molecule has 0 aliphatic heterocycles. The van der Waals surface area contributed by atoms with Crippen LogP contribution in [0.2, 0.25) is 0 Å². The van der Waals surface area contributed by atoms with E-state index in [1.165, 1.54) is 0 Å². The summed E-state index contributed by atoms with van der Waals surface area (Å²) in [5.74, 6) is 0.0286. The molecule has 0 spiro atoms. The molecule has 2 fully saturated rings. The maximum Gasteiger partial charge on any atom is 2.00 e. The van der Waals surface area contributed by atoms with Crippen LogP contribution < -0.4 is 0 Å². The summed E-state index contributed by atoms with van der Waals surface area (Å²) in [6.45, 7) is 1.54. The largest absolute Gasteiger partial charge is 2.00 e. The van der Waals surface area contributed by atoms with Crippen molar-refractivity contribution in [2.24, 2.45) is 4.99 Å². The molecule has 4 heteroatoms. The molecule has 0 amide bonds. The molecule has 2 rings (SSSR count). The first-order valence-electron chi connectivity index (χ1n) is 5.34. The predicted molar refractivity (Wildman–Crippen MR) is 67.5 cm³/mol. The van der Waals surface area contributed by atoms with Gasteiger partial charge in [-0.15, -0.1) is 0 Å². The van der Waals surface area contributed by atoms with Crippen LogP contribution in [0.5, 0.6) is 0 Å². The summed E-state index contributed by atoms with van der Waals surface area (Å²) in [5, 5.41) is 8.50. The van der Waals surface area contributed by atoms with Crippen molar-refractivity contribution in [3.05, 3.63) is 63.7 Å². The number of aliphatic imine (C=N–C) groups is 1. The van der Waals surface area contributed by atoms with Crippen molar-refractivity contribution in [1.82, 2.24) is 0 Å². The molecule has 0 bridgehead atoms. The number of carboxylic acids is 1. The van der Waals surface area contributed by atoms with Crippen molar-refractivity contribution in [1.29, 1.82) is 0 Å². The van der Waals surface area contributed by atoms with Crippen LogP contribution in [-0.2, 0) is 21.9 Å². The van der Waals surface area contributed by atoms with Crippen LogP contribution in [0.1, 0.15) is 6.92 Å². The summed E-state index contributed by atoms with van der Waals surface area (Å²) in [7, 11) is 0. The second kappa shape index (κ2) is 10.6. The van der Waals surface area contributed by atoms with Gasteiger partial charge < -0.3 is 5.11 Å². The molecule has 0 aromatic carbocycles. The topological polar surface area (TPSA) is 49.7 Å². The average Bonchev–Trinajstić information content (AvgIpc) is 3.00. The van der Waals surface area contributed by atoms with E-state index in [1.807, 2.05) is 57.8 Å². The van der Waals surface area contributed by atoms with Crippen molar-refractivity contribution in [3.63, 3.8) is 0 Å². The van der Waals surface area contributed by atoms with Gasteiger partial charge in [-0.05, 0) is 64.7 Å². The predicted octanol–water partition coefficient (Wildman–Crippen LogP) is 1.95. The van der Waals surface area contributed by atoms with Crippen LogP contribution in [-0.4, -0.2) is 23.3 Å². The maximum atomic E-state index is 10.3. The smallest absolute Gasteiger partial charge is 0.480 e. The Morgan fingerprint density at radius 1 is 1.11 bits per heavy atom. The van der Waals surface area contributed by atoms with E-state index in [-0.39, 0.29) is 17.1 Å². The van der Waals surface area contributed by atoms with Gasteiger partial charge in [0, 0.05) is 12.1 Å². The first kappa shape index (κ1) is 17.7. The van der Waals surface area contributed by atoms with Crippen LogP contribution in [0.4, 0.5) is 0 Å². The Morgan fingerprint density at radius 3 is 1.94 bits per heavy atom. The number of rotatable bonds is 3. The summed E-state index contributed by atoms with van der Waals surface area (Å²) < 4.78 is 0. The van der Waals surface area contributed by atoms with E-state index >= 15 is 0 Å². The zero-order chi connectivity index (χ0) is 12.5. The molecule has 18 heavy (non-hydrogen) atoms. The monoisotopic (exact) mass is 285 g/mol. The van der Waals surface area contributed by atoms with E-state index in [9.17, 15) is 4.79 Å². The van der Waals surface area contributed by atoms with Crippen molar-refractivity contribution in [3.8, 4) is 0 Å². The molecule has 2 aliphatic carbocycles. The Labute approximate surface area is 121 Å². The Morgan fingerprint density at radius 2 is 1.56 bits per heavy atom.